The van der Waals surface area contributed by atoms with Gasteiger partial charge in [-0.25, -0.2) is 0 Å². The van der Waals surface area contributed by atoms with Crippen LogP contribution in [0.1, 0.15) is 29.8 Å². The first-order valence-corrected chi connectivity index (χ1v) is 8.99. The third-order valence-electron chi connectivity index (χ3n) is 4.85. The van der Waals surface area contributed by atoms with E-state index in [9.17, 15) is 18.0 Å². The fourth-order valence-corrected chi connectivity index (χ4v) is 3.31. The molecule has 1 aliphatic rings. The van der Waals surface area contributed by atoms with Gasteiger partial charge in [0.2, 0.25) is 6.41 Å². The Morgan fingerprint density at radius 2 is 2.14 bits per heavy atom. The molecule has 0 radical (unpaired) electrons. The minimum atomic E-state index is -4.40. The maximum atomic E-state index is 12.3. The molecule has 0 aliphatic heterocycles. The molecule has 3 aromatic rings. The van der Waals surface area contributed by atoms with Crippen LogP contribution >= 0.6 is 0 Å². The lowest BCUT2D eigenvalue weighted by Crippen LogP contribution is -2.28. The fraction of sp³-hybridized carbons (Fsp3) is 0.368. The Morgan fingerprint density at radius 1 is 1.34 bits per heavy atom. The molecule has 0 unspecified atom stereocenters. The average molecular weight is 405 g/mol. The smallest absolute Gasteiger partial charge is 0.422 e. The lowest BCUT2D eigenvalue weighted by atomic mass is 10.1. The molecule has 0 saturated heterocycles. The van der Waals surface area contributed by atoms with E-state index in [1.807, 2.05) is 6.20 Å². The minimum absolute atomic E-state index is 0.0961. The molecule has 1 amide bonds. The van der Waals surface area contributed by atoms with Crippen LogP contribution in [0.3, 0.4) is 0 Å². The molecule has 0 spiro atoms. The van der Waals surface area contributed by atoms with Crippen LogP contribution < -0.4 is 10.1 Å². The van der Waals surface area contributed by atoms with E-state index < -0.39 is 18.3 Å². The van der Waals surface area contributed by atoms with Crippen LogP contribution in [0, 0.1) is 6.92 Å². The topological polar surface area (TPSA) is 81.9 Å². The molecule has 0 atom stereocenters. The standard InChI is InChI=1S/C19H18F3N5O2/c1-12-6-13(24-7-16(12)29-10-19(20,21)22)8-27-9-14-15(26-27)2-5-23-17(14)18(3-4-18)25-11-28/h2,5-7,9,11H,3-4,8,10H2,1H3,(H,25,28). The number of carbonyl (C=O) groups excluding carboxylic acids is 1. The van der Waals surface area contributed by atoms with Gasteiger partial charge in [-0.2, -0.15) is 18.3 Å². The number of halogens is 3. The van der Waals surface area contributed by atoms with E-state index >= 15 is 0 Å². The summed E-state index contributed by atoms with van der Waals surface area (Å²) in [5.41, 5.74) is 2.30. The third-order valence-corrected chi connectivity index (χ3v) is 4.85. The Balaban J connectivity index is 1.56. The number of ether oxygens (including phenoxy) is 1. The number of hydrogen-bond acceptors (Lipinski definition) is 5. The van der Waals surface area contributed by atoms with Gasteiger partial charge in [0.25, 0.3) is 0 Å². The SMILES string of the molecule is Cc1cc(Cn2cc3c(C4(NC=O)CC4)nccc3n2)ncc1OCC(F)(F)F. The van der Waals surface area contributed by atoms with E-state index in [4.69, 9.17) is 4.74 Å². The highest BCUT2D eigenvalue weighted by Gasteiger charge is 2.46. The summed E-state index contributed by atoms with van der Waals surface area (Å²) in [5, 5.41) is 8.23. The molecule has 1 aliphatic carbocycles. The summed E-state index contributed by atoms with van der Waals surface area (Å²) >= 11 is 0. The number of pyridine rings is 2. The maximum Gasteiger partial charge on any atom is 0.422 e. The van der Waals surface area contributed by atoms with Gasteiger partial charge in [-0.15, -0.1) is 0 Å². The third kappa shape index (κ3) is 4.01. The number of amides is 1. The van der Waals surface area contributed by atoms with Crippen LogP contribution in [-0.2, 0) is 16.9 Å². The molecular formula is C19H18F3N5O2. The molecule has 1 fully saturated rings. The molecule has 1 saturated carbocycles. The number of hydrogen-bond donors (Lipinski definition) is 1. The highest BCUT2D eigenvalue weighted by molar-refractivity contribution is 5.82. The number of nitrogens with zero attached hydrogens (tertiary/aromatic N) is 4. The number of nitrogens with one attached hydrogen (secondary N) is 1. The minimum Gasteiger partial charge on any atom is -0.482 e. The first-order chi connectivity index (χ1) is 13.8. The predicted octanol–water partition coefficient (Wildman–Crippen LogP) is 2.86. The summed E-state index contributed by atoms with van der Waals surface area (Å²) < 4.78 is 43.5. The van der Waals surface area contributed by atoms with Crippen molar-refractivity contribution < 1.29 is 22.7 Å². The zero-order valence-electron chi connectivity index (χ0n) is 15.5. The Morgan fingerprint density at radius 3 is 2.79 bits per heavy atom. The molecule has 0 bridgehead atoms. The maximum absolute atomic E-state index is 12.3. The van der Waals surface area contributed by atoms with Crippen LogP contribution in [0.25, 0.3) is 10.9 Å². The summed E-state index contributed by atoms with van der Waals surface area (Å²) in [5.74, 6) is 0.0961. The summed E-state index contributed by atoms with van der Waals surface area (Å²) in [6.45, 7) is 0.648. The zero-order chi connectivity index (χ0) is 20.6. The van der Waals surface area contributed by atoms with Crippen molar-refractivity contribution >= 4 is 17.3 Å². The van der Waals surface area contributed by atoms with Crippen molar-refractivity contribution in [3.8, 4) is 5.75 Å². The molecule has 10 heteroatoms. The summed E-state index contributed by atoms with van der Waals surface area (Å²) in [6, 6.07) is 3.46. The molecular weight excluding hydrogens is 387 g/mol. The Labute approximate surface area is 163 Å². The molecule has 152 valence electrons. The van der Waals surface area contributed by atoms with Gasteiger partial charge in [-0.1, -0.05) is 0 Å². The molecule has 3 aromatic heterocycles. The first-order valence-electron chi connectivity index (χ1n) is 8.99. The highest BCUT2D eigenvalue weighted by atomic mass is 19.4. The number of alkyl halides is 3. The second kappa shape index (κ2) is 7.02. The molecule has 1 N–H and O–H groups in total. The average Bonchev–Trinajstić information content (AvgIpc) is 3.31. The Kier molecular flexibility index (Phi) is 4.64. The van der Waals surface area contributed by atoms with E-state index in [0.29, 0.717) is 24.2 Å². The Hall–Kier alpha value is -3.17. The van der Waals surface area contributed by atoms with Crippen molar-refractivity contribution in [3.05, 3.63) is 47.7 Å². The molecule has 7 nitrogen and oxygen atoms in total. The van der Waals surface area contributed by atoms with Gasteiger partial charge in [0.1, 0.15) is 5.75 Å². The number of fused-ring (bicyclic) bond motifs is 1. The van der Waals surface area contributed by atoms with E-state index in [0.717, 1.165) is 29.4 Å². The van der Waals surface area contributed by atoms with Gasteiger partial charge in [0.15, 0.2) is 6.61 Å². The van der Waals surface area contributed by atoms with Crippen molar-refractivity contribution in [3.63, 3.8) is 0 Å². The number of aryl methyl sites for hydroxylation is 1. The van der Waals surface area contributed by atoms with Crippen molar-refractivity contribution in [2.45, 2.75) is 38.0 Å². The van der Waals surface area contributed by atoms with Crippen molar-refractivity contribution in [2.24, 2.45) is 0 Å². The van der Waals surface area contributed by atoms with Gasteiger partial charge in [0.05, 0.1) is 35.2 Å². The number of rotatable bonds is 7. The molecule has 29 heavy (non-hydrogen) atoms. The predicted molar refractivity (Wildman–Crippen MR) is 97.3 cm³/mol. The summed E-state index contributed by atoms with van der Waals surface area (Å²) in [7, 11) is 0. The number of aromatic nitrogens is 4. The molecule has 3 heterocycles. The summed E-state index contributed by atoms with van der Waals surface area (Å²) in [6.07, 6.45) is 2.73. The largest absolute Gasteiger partial charge is 0.482 e. The van der Waals surface area contributed by atoms with Crippen molar-refractivity contribution in [1.29, 1.82) is 0 Å². The van der Waals surface area contributed by atoms with Gasteiger partial charge < -0.3 is 10.1 Å². The zero-order valence-corrected chi connectivity index (χ0v) is 15.5. The second-order valence-electron chi connectivity index (χ2n) is 7.11. The number of carbonyl (C=O) groups is 1. The van der Waals surface area contributed by atoms with Gasteiger partial charge in [-0.05, 0) is 37.5 Å². The lowest BCUT2D eigenvalue weighted by molar-refractivity contribution is -0.153. The quantitative estimate of drug-likeness (QED) is 0.612. The van der Waals surface area contributed by atoms with Crippen molar-refractivity contribution in [1.82, 2.24) is 25.1 Å². The fourth-order valence-electron chi connectivity index (χ4n) is 3.31. The van der Waals surface area contributed by atoms with Crippen LogP contribution in [-0.4, -0.2) is 38.9 Å². The molecule has 4 rings (SSSR count). The molecule has 0 aromatic carbocycles. The monoisotopic (exact) mass is 405 g/mol. The van der Waals surface area contributed by atoms with Gasteiger partial charge in [-0.3, -0.25) is 19.4 Å². The van der Waals surface area contributed by atoms with Crippen LogP contribution in [0.4, 0.5) is 13.2 Å². The highest BCUT2D eigenvalue weighted by Crippen LogP contribution is 2.46. The Bertz CT molecular complexity index is 1060. The van der Waals surface area contributed by atoms with Gasteiger partial charge >= 0.3 is 6.18 Å². The lowest BCUT2D eigenvalue weighted by Gasteiger charge is -2.13. The van der Waals surface area contributed by atoms with Crippen LogP contribution in [0.2, 0.25) is 0 Å². The normalized spacial score (nSPS) is 15.3. The van der Waals surface area contributed by atoms with E-state index in [-0.39, 0.29) is 5.75 Å². The van der Waals surface area contributed by atoms with Crippen molar-refractivity contribution in [2.75, 3.05) is 6.61 Å². The summed E-state index contributed by atoms with van der Waals surface area (Å²) in [4.78, 5) is 19.6. The van der Waals surface area contributed by atoms with Gasteiger partial charge in [0, 0.05) is 17.8 Å². The van der Waals surface area contributed by atoms with Crippen LogP contribution in [0.15, 0.2) is 30.7 Å². The van der Waals surface area contributed by atoms with E-state index in [1.54, 1.807) is 29.9 Å². The first kappa shape index (κ1) is 19.2. The van der Waals surface area contributed by atoms with E-state index in [1.165, 1.54) is 6.20 Å². The van der Waals surface area contributed by atoms with Crippen LogP contribution in [0.5, 0.6) is 5.75 Å². The van der Waals surface area contributed by atoms with E-state index in [2.05, 4.69) is 20.4 Å². The second-order valence-corrected chi connectivity index (χ2v) is 7.11.